The number of unbranched alkanes of at least 4 members (excludes halogenated alkanes) is 2. The van der Waals surface area contributed by atoms with Gasteiger partial charge < -0.3 is 10.6 Å². The molecule has 78 valence electrons. The van der Waals surface area contributed by atoms with Gasteiger partial charge in [-0.15, -0.1) is 0 Å². The predicted molar refractivity (Wildman–Crippen MR) is 55.7 cm³/mol. The monoisotopic (exact) mass is 186 g/mol. The van der Waals surface area contributed by atoms with E-state index in [0.717, 1.165) is 13.1 Å². The number of hydrogen-bond acceptors (Lipinski definition) is 2. The first-order valence-electron chi connectivity index (χ1n) is 5.14. The summed E-state index contributed by atoms with van der Waals surface area (Å²) >= 11 is 0. The summed E-state index contributed by atoms with van der Waals surface area (Å²) in [6.07, 6.45) is 3.75. The lowest BCUT2D eigenvalue weighted by molar-refractivity contribution is -0.119. The summed E-state index contributed by atoms with van der Waals surface area (Å²) in [6.45, 7) is 7.60. The maximum Gasteiger partial charge on any atom is 0.216 e. The molecule has 3 nitrogen and oxygen atoms in total. The second kappa shape index (κ2) is 8.05. The van der Waals surface area contributed by atoms with E-state index in [-0.39, 0.29) is 5.91 Å². The van der Waals surface area contributed by atoms with E-state index < -0.39 is 0 Å². The highest BCUT2D eigenvalue weighted by molar-refractivity contribution is 5.72. The largest absolute Gasteiger partial charge is 0.355 e. The molecule has 13 heavy (non-hydrogen) atoms. The van der Waals surface area contributed by atoms with Crippen LogP contribution in [0.2, 0.25) is 0 Å². The van der Waals surface area contributed by atoms with Crippen LogP contribution in [0.15, 0.2) is 0 Å². The maximum absolute atomic E-state index is 10.6. The molecule has 3 heteroatoms. The van der Waals surface area contributed by atoms with Crippen molar-refractivity contribution < 1.29 is 4.79 Å². The quantitative estimate of drug-likeness (QED) is 0.588. The molecule has 0 saturated heterocycles. The predicted octanol–water partition coefficient (Wildman–Crippen LogP) is 1.29. The highest BCUT2D eigenvalue weighted by atomic mass is 16.1. The Labute approximate surface area is 81.3 Å². The van der Waals surface area contributed by atoms with Crippen LogP contribution in [0.4, 0.5) is 0 Å². The Morgan fingerprint density at radius 2 is 2.08 bits per heavy atom. The van der Waals surface area contributed by atoms with E-state index in [2.05, 4.69) is 24.5 Å². The van der Waals surface area contributed by atoms with Crippen LogP contribution in [0.1, 0.15) is 40.0 Å². The number of carbonyl (C=O) groups excluding carboxylic acids is 1. The van der Waals surface area contributed by atoms with Crippen LogP contribution in [-0.2, 0) is 4.79 Å². The molecule has 0 radical (unpaired) electrons. The highest BCUT2D eigenvalue weighted by Gasteiger charge is 2.00. The fraction of sp³-hybridized carbons (Fsp3) is 0.900. The molecule has 0 saturated carbocycles. The van der Waals surface area contributed by atoms with E-state index in [0.29, 0.717) is 6.04 Å². The van der Waals surface area contributed by atoms with E-state index in [1.165, 1.54) is 19.3 Å². The van der Waals surface area contributed by atoms with Crippen molar-refractivity contribution in [3.05, 3.63) is 0 Å². The summed E-state index contributed by atoms with van der Waals surface area (Å²) in [4.78, 5) is 10.6. The Morgan fingerprint density at radius 3 is 2.62 bits per heavy atom. The smallest absolute Gasteiger partial charge is 0.216 e. The highest BCUT2D eigenvalue weighted by Crippen LogP contribution is 1.91. The van der Waals surface area contributed by atoms with Gasteiger partial charge in [-0.1, -0.05) is 19.8 Å². The average Bonchev–Trinajstić information content (AvgIpc) is 2.09. The fourth-order valence-corrected chi connectivity index (χ4v) is 1.09. The van der Waals surface area contributed by atoms with Crippen LogP contribution in [0.3, 0.4) is 0 Å². The van der Waals surface area contributed by atoms with E-state index in [9.17, 15) is 4.79 Å². The zero-order chi connectivity index (χ0) is 10.1. The van der Waals surface area contributed by atoms with Gasteiger partial charge in [0, 0.05) is 19.5 Å². The summed E-state index contributed by atoms with van der Waals surface area (Å²) in [7, 11) is 0. The second-order valence-corrected chi connectivity index (χ2v) is 3.50. The lowest BCUT2D eigenvalue weighted by Crippen LogP contribution is -2.38. The zero-order valence-electron chi connectivity index (χ0n) is 9.02. The van der Waals surface area contributed by atoms with Gasteiger partial charge >= 0.3 is 0 Å². The Balaban J connectivity index is 3.19. The van der Waals surface area contributed by atoms with Crippen LogP contribution in [0.25, 0.3) is 0 Å². The molecule has 0 rings (SSSR count). The normalized spacial score (nSPS) is 12.5. The molecule has 1 atom stereocenters. The van der Waals surface area contributed by atoms with Crippen molar-refractivity contribution in [2.24, 2.45) is 0 Å². The van der Waals surface area contributed by atoms with E-state index in [1.54, 1.807) is 6.92 Å². The van der Waals surface area contributed by atoms with Crippen molar-refractivity contribution in [1.82, 2.24) is 10.6 Å². The molecule has 1 amide bonds. The SMILES string of the molecule is CCCCCNC(C)CNC(C)=O. The number of nitrogens with one attached hydrogen (secondary N) is 2. The van der Waals surface area contributed by atoms with Gasteiger partial charge in [-0.2, -0.15) is 0 Å². The zero-order valence-corrected chi connectivity index (χ0v) is 9.02. The molecular weight excluding hydrogens is 164 g/mol. The Kier molecular flexibility index (Phi) is 7.69. The Morgan fingerprint density at radius 1 is 1.38 bits per heavy atom. The summed E-state index contributed by atoms with van der Waals surface area (Å²) in [5.41, 5.74) is 0. The second-order valence-electron chi connectivity index (χ2n) is 3.50. The molecular formula is C10H22N2O. The molecule has 0 aromatic heterocycles. The third-order valence-electron chi connectivity index (χ3n) is 1.93. The minimum atomic E-state index is 0.0437. The van der Waals surface area contributed by atoms with Crippen LogP contribution < -0.4 is 10.6 Å². The van der Waals surface area contributed by atoms with Gasteiger partial charge in [0.05, 0.1) is 0 Å². The third-order valence-corrected chi connectivity index (χ3v) is 1.93. The third kappa shape index (κ3) is 9.34. The lowest BCUT2D eigenvalue weighted by Gasteiger charge is -2.13. The minimum Gasteiger partial charge on any atom is -0.355 e. The van der Waals surface area contributed by atoms with Crippen molar-refractivity contribution in [3.8, 4) is 0 Å². The van der Waals surface area contributed by atoms with Crippen molar-refractivity contribution in [2.75, 3.05) is 13.1 Å². The average molecular weight is 186 g/mol. The summed E-state index contributed by atoms with van der Waals surface area (Å²) < 4.78 is 0. The molecule has 0 aliphatic rings. The molecule has 0 aliphatic carbocycles. The maximum atomic E-state index is 10.6. The van der Waals surface area contributed by atoms with Gasteiger partial charge in [0.15, 0.2) is 0 Å². The number of rotatable bonds is 7. The molecule has 0 aromatic rings. The van der Waals surface area contributed by atoms with Crippen LogP contribution in [0, 0.1) is 0 Å². The molecule has 0 bridgehead atoms. The van der Waals surface area contributed by atoms with Gasteiger partial charge in [-0.3, -0.25) is 4.79 Å². The first-order valence-corrected chi connectivity index (χ1v) is 5.14. The molecule has 0 heterocycles. The topological polar surface area (TPSA) is 41.1 Å². The standard InChI is InChI=1S/C10H22N2O/c1-4-5-6-7-11-9(2)8-12-10(3)13/h9,11H,4-8H2,1-3H3,(H,12,13). The fourth-order valence-electron chi connectivity index (χ4n) is 1.09. The van der Waals surface area contributed by atoms with Gasteiger partial charge in [0.1, 0.15) is 0 Å². The molecule has 1 unspecified atom stereocenters. The molecule has 0 aromatic carbocycles. The van der Waals surface area contributed by atoms with E-state index in [4.69, 9.17) is 0 Å². The Bertz CT molecular complexity index is 137. The first-order chi connectivity index (χ1) is 6.16. The van der Waals surface area contributed by atoms with Crippen molar-refractivity contribution >= 4 is 5.91 Å². The van der Waals surface area contributed by atoms with Gasteiger partial charge in [0.2, 0.25) is 5.91 Å². The lowest BCUT2D eigenvalue weighted by atomic mass is 10.2. The molecule has 2 N–H and O–H groups in total. The molecule has 0 aliphatic heterocycles. The number of hydrogen-bond donors (Lipinski definition) is 2. The first kappa shape index (κ1) is 12.4. The van der Waals surface area contributed by atoms with Crippen LogP contribution in [0.5, 0.6) is 0 Å². The van der Waals surface area contributed by atoms with Crippen LogP contribution in [-0.4, -0.2) is 25.0 Å². The van der Waals surface area contributed by atoms with E-state index in [1.807, 2.05) is 0 Å². The summed E-state index contributed by atoms with van der Waals surface area (Å²) in [6, 6.07) is 0.376. The number of carbonyl (C=O) groups is 1. The number of amides is 1. The molecule has 0 spiro atoms. The Hall–Kier alpha value is -0.570. The van der Waals surface area contributed by atoms with E-state index >= 15 is 0 Å². The van der Waals surface area contributed by atoms with Crippen molar-refractivity contribution in [3.63, 3.8) is 0 Å². The van der Waals surface area contributed by atoms with Crippen molar-refractivity contribution in [1.29, 1.82) is 0 Å². The molecule has 0 fully saturated rings. The summed E-state index contributed by atoms with van der Waals surface area (Å²) in [5.74, 6) is 0.0437. The van der Waals surface area contributed by atoms with Gasteiger partial charge in [-0.05, 0) is 19.9 Å². The van der Waals surface area contributed by atoms with Gasteiger partial charge in [0.25, 0.3) is 0 Å². The van der Waals surface area contributed by atoms with Gasteiger partial charge in [-0.25, -0.2) is 0 Å². The summed E-state index contributed by atoms with van der Waals surface area (Å²) in [5, 5.41) is 6.14. The van der Waals surface area contributed by atoms with Crippen LogP contribution >= 0.6 is 0 Å². The van der Waals surface area contributed by atoms with Crippen molar-refractivity contribution in [2.45, 2.75) is 46.1 Å². The minimum absolute atomic E-state index is 0.0437.